The number of anilines is 1. The van der Waals surface area contributed by atoms with Crippen LogP contribution in [0, 0.1) is 23.2 Å². The number of phenols is 3. The minimum absolute atomic E-state index is 0.00139. The minimum Gasteiger partial charge on any atom is -0.508 e. The SMILES string of the molecule is COc1cc([C@@H]2CC(=O)C[C@H](OC(C)=O)CC[C@]34Cc5c[nH]cc5[C@H](C#CCC3=CC=C[C@H]4C)[C@H](c3cccc(O)c3)C3=CCNC(=C3)N(CCC(C)=O)c3ccc(CO)c4cn2cc34)cc(O)c1O. The van der Waals surface area contributed by atoms with Gasteiger partial charge in [-0.1, -0.05) is 66.8 Å². The van der Waals surface area contributed by atoms with E-state index in [0.717, 1.165) is 44.7 Å². The molecule has 0 amide bonds. The molecule has 1 spiro atoms. The maximum absolute atomic E-state index is 14.7. The Bertz CT molecular complexity index is 3050. The summed E-state index contributed by atoms with van der Waals surface area (Å²) < 4.78 is 13.4. The summed E-state index contributed by atoms with van der Waals surface area (Å²) in [6.45, 7) is 5.60. The van der Waals surface area contributed by atoms with E-state index in [0.29, 0.717) is 55.3 Å². The topological polar surface area (TPSA) is 187 Å². The number of allylic oxidation sites excluding steroid dienone is 6. The second kappa shape index (κ2) is 19.9. The molecule has 6 atom stereocenters. The van der Waals surface area contributed by atoms with Crippen molar-refractivity contribution in [2.45, 2.75) is 96.3 Å². The normalized spacial score (nSPS) is 23.5. The van der Waals surface area contributed by atoms with Crippen LogP contribution in [0.15, 0.2) is 121 Å². The van der Waals surface area contributed by atoms with E-state index in [4.69, 9.17) is 9.47 Å². The second-order valence-corrected chi connectivity index (χ2v) is 19.2. The number of aromatic hydroxyl groups is 3. The van der Waals surface area contributed by atoms with Gasteiger partial charge in [-0.25, -0.2) is 0 Å². The number of hydrogen-bond donors (Lipinski definition) is 6. The summed E-state index contributed by atoms with van der Waals surface area (Å²) >= 11 is 0. The average Bonchev–Trinajstić information content (AvgIpc) is 4.00. The molecule has 3 aromatic carbocycles. The van der Waals surface area contributed by atoms with Crippen LogP contribution in [0.2, 0.25) is 0 Å². The van der Waals surface area contributed by atoms with Crippen LogP contribution in [0.1, 0.15) is 105 Å². The number of nitrogens with zero attached hydrogens (tertiary/aromatic N) is 2. The zero-order chi connectivity index (χ0) is 49.3. The van der Waals surface area contributed by atoms with E-state index in [2.05, 4.69) is 70.5 Å². The first-order valence-corrected chi connectivity index (χ1v) is 24.0. The Kier molecular flexibility index (Phi) is 13.5. The molecule has 4 aliphatic rings. The predicted molar refractivity (Wildman–Crippen MR) is 267 cm³/mol. The fraction of sp³-hybridized carbons (Fsp3) is 0.351. The van der Waals surface area contributed by atoms with Crippen molar-refractivity contribution < 1.29 is 44.3 Å². The molecule has 4 heterocycles. The number of aliphatic hydroxyl groups excluding tert-OH is 1. The van der Waals surface area contributed by atoms with E-state index in [1.54, 1.807) is 19.1 Å². The third-order valence-corrected chi connectivity index (χ3v) is 14.8. The number of hydrogen-bond acceptors (Lipinski definition) is 11. The van der Waals surface area contributed by atoms with E-state index < -0.39 is 35.0 Å². The number of H-pyrrole nitrogens is 1. The van der Waals surface area contributed by atoms with Gasteiger partial charge in [0.2, 0.25) is 5.75 Å². The van der Waals surface area contributed by atoms with Gasteiger partial charge in [0, 0.05) is 92.6 Å². The molecule has 2 aliphatic heterocycles. The van der Waals surface area contributed by atoms with Crippen molar-refractivity contribution in [3.05, 3.63) is 148 Å². The Balaban J connectivity index is 1.29. The Morgan fingerprint density at radius 1 is 1.00 bits per heavy atom. The third-order valence-electron chi connectivity index (χ3n) is 14.8. The number of fused-ring (bicyclic) bond motifs is 2. The molecule has 70 heavy (non-hydrogen) atoms. The zero-order valence-corrected chi connectivity index (χ0v) is 40.0. The van der Waals surface area contributed by atoms with Crippen LogP contribution >= 0.6 is 0 Å². The van der Waals surface area contributed by atoms with E-state index in [1.165, 1.54) is 20.1 Å². The summed E-state index contributed by atoms with van der Waals surface area (Å²) in [5.41, 5.74) is 6.52. The highest BCUT2D eigenvalue weighted by atomic mass is 16.5. The standard InChI is InChI=1S/C57H60N4O9/c1-34-8-5-10-42-11-7-13-46-47-30-58-29-41(47)28-57(34,42)19-16-45(70-36(3)64)26-44(66)27-51(40-23-52(67)56(68)53(24-40)69-4)60-31-48-39(33-62)14-15-50(49(48)32-60)61(21-18-35(2)63)54-25-38(17-20-59-54)55(46)37-9-6-12-43(65)22-37/h5-6,8-10,12,14-15,17,22-25,29-32,34,45-46,51,55,58-59,62,65,67-68H,11,16,18-21,26-28,33H2,1-4H3/t34-,45-,46+,51+,55-,57-/m1/s1. The van der Waals surface area contributed by atoms with Gasteiger partial charge in [-0.05, 0) is 102 Å². The van der Waals surface area contributed by atoms with Gasteiger partial charge >= 0.3 is 5.97 Å². The van der Waals surface area contributed by atoms with Crippen molar-refractivity contribution in [2.75, 3.05) is 25.1 Å². The lowest BCUT2D eigenvalue weighted by Crippen LogP contribution is -2.36. The van der Waals surface area contributed by atoms with Crippen molar-refractivity contribution in [1.29, 1.82) is 0 Å². The van der Waals surface area contributed by atoms with Crippen LogP contribution in [-0.2, 0) is 32.1 Å². The van der Waals surface area contributed by atoms with Crippen molar-refractivity contribution in [3.8, 4) is 34.8 Å². The number of methoxy groups -OCH3 is 1. The number of esters is 1. The van der Waals surface area contributed by atoms with Gasteiger partial charge in [0.15, 0.2) is 11.5 Å². The number of rotatable bonds is 8. The zero-order valence-electron chi connectivity index (χ0n) is 40.0. The summed E-state index contributed by atoms with van der Waals surface area (Å²) in [5, 5.41) is 48.6. The number of carbonyl (C=O) groups excluding carboxylic acids is 3. The molecule has 6 bridgehead atoms. The smallest absolute Gasteiger partial charge is 0.302 e. The molecular weight excluding hydrogens is 885 g/mol. The van der Waals surface area contributed by atoms with Gasteiger partial charge in [0.25, 0.3) is 0 Å². The highest BCUT2D eigenvalue weighted by Crippen LogP contribution is 2.51. The number of benzene rings is 3. The highest BCUT2D eigenvalue weighted by Gasteiger charge is 2.43. The monoisotopic (exact) mass is 944 g/mol. The second-order valence-electron chi connectivity index (χ2n) is 19.2. The van der Waals surface area contributed by atoms with Crippen molar-refractivity contribution in [2.24, 2.45) is 11.3 Å². The fourth-order valence-electron chi connectivity index (χ4n) is 11.2. The number of aromatic nitrogens is 2. The van der Waals surface area contributed by atoms with Gasteiger partial charge in [-0.15, -0.1) is 0 Å². The third kappa shape index (κ3) is 9.36. The lowest BCUT2D eigenvalue weighted by molar-refractivity contribution is -0.148. The van der Waals surface area contributed by atoms with Crippen molar-refractivity contribution in [1.82, 2.24) is 14.9 Å². The molecular formula is C57H60N4O9. The number of dihydropyridines is 1. The molecule has 9 rings (SSSR count). The lowest BCUT2D eigenvalue weighted by Gasteiger charge is -2.43. The number of Topliss-reactive ketones (excluding diaryl/α,β-unsaturated/α-hetero) is 2. The maximum Gasteiger partial charge on any atom is 0.302 e. The number of phenolic OH excluding ortho intramolecular Hbond substituents is 3. The molecule has 0 radical (unpaired) electrons. The number of ether oxygens (including phenoxy) is 2. The molecule has 5 aromatic rings. The molecule has 6 N–H and O–H groups in total. The number of aromatic amines is 1. The van der Waals surface area contributed by atoms with Crippen LogP contribution in [0.3, 0.4) is 0 Å². The van der Waals surface area contributed by atoms with Crippen molar-refractivity contribution in [3.63, 3.8) is 0 Å². The first-order chi connectivity index (χ1) is 33.8. The molecule has 0 saturated carbocycles. The largest absolute Gasteiger partial charge is 0.508 e. The quantitative estimate of drug-likeness (QED) is 0.0495. The molecule has 13 nitrogen and oxygen atoms in total. The lowest BCUT2D eigenvalue weighted by atomic mass is 9.61. The molecule has 2 aliphatic carbocycles. The van der Waals surface area contributed by atoms with E-state index in [-0.39, 0.29) is 66.7 Å². The van der Waals surface area contributed by atoms with Gasteiger partial charge in [0.1, 0.15) is 29.2 Å². The summed E-state index contributed by atoms with van der Waals surface area (Å²) in [7, 11) is 1.38. The summed E-state index contributed by atoms with van der Waals surface area (Å²) in [6.07, 6.45) is 20.0. The van der Waals surface area contributed by atoms with Crippen LogP contribution < -0.4 is 15.0 Å². The number of nitrogens with one attached hydrogen (secondary N) is 2. The summed E-state index contributed by atoms with van der Waals surface area (Å²) in [6, 6.07) is 13.4. The Morgan fingerprint density at radius 3 is 2.60 bits per heavy atom. The maximum atomic E-state index is 14.7. The summed E-state index contributed by atoms with van der Waals surface area (Å²) in [5.74, 6) is 6.05. The molecule has 0 fully saturated rings. The Labute approximate surface area is 407 Å². The van der Waals surface area contributed by atoms with Crippen LogP contribution in [0.4, 0.5) is 5.69 Å². The molecule has 13 heteroatoms. The fourth-order valence-corrected chi connectivity index (χ4v) is 11.2. The molecule has 0 unspecified atom stereocenters. The van der Waals surface area contributed by atoms with Gasteiger partial charge in [0.05, 0.1) is 31.4 Å². The van der Waals surface area contributed by atoms with Gasteiger partial charge in [-0.2, -0.15) is 0 Å². The van der Waals surface area contributed by atoms with E-state index in [1.807, 2.05) is 53.5 Å². The predicted octanol–water partition coefficient (Wildman–Crippen LogP) is 9.04. The molecule has 362 valence electrons. The average molecular weight is 945 g/mol. The number of aliphatic hydroxyl groups is 1. The number of ketones is 2. The molecule has 0 saturated heterocycles. The highest BCUT2D eigenvalue weighted by molar-refractivity contribution is 5.97. The van der Waals surface area contributed by atoms with Gasteiger partial charge < -0.3 is 49.7 Å². The summed E-state index contributed by atoms with van der Waals surface area (Å²) in [4.78, 5) is 46.0. The number of carbonyl (C=O) groups is 3. The van der Waals surface area contributed by atoms with Crippen LogP contribution in [-0.4, -0.2) is 73.8 Å². The van der Waals surface area contributed by atoms with Crippen molar-refractivity contribution >= 4 is 34.0 Å². The van der Waals surface area contributed by atoms with Crippen LogP contribution in [0.25, 0.3) is 10.8 Å². The molecule has 2 aromatic heterocycles. The Morgan fingerprint density at radius 2 is 1.83 bits per heavy atom. The van der Waals surface area contributed by atoms with E-state index in [9.17, 15) is 34.8 Å². The minimum atomic E-state index is -0.771. The van der Waals surface area contributed by atoms with E-state index >= 15 is 0 Å². The first kappa shape index (κ1) is 47.6. The van der Waals surface area contributed by atoms with Gasteiger partial charge in [-0.3, -0.25) is 14.4 Å². The van der Waals surface area contributed by atoms with Crippen LogP contribution in [0.5, 0.6) is 23.0 Å². The first-order valence-electron chi connectivity index (χ1n) is 24.0. The Hall–Kier alpha value is -7.43.